The van der Waals surface area contributed by atoms with E-state index < -0.39 is 16.4 Å². The molecule has 0 spiro atoms. The van der Waals surface area contributed by atoms with E-state index in [4.69, 9.17) is 4.43 Å². The molecular formula is C28H52OSi2. The molecule has 1 aromatic rings. The summed E-state index contributed by atoms with van der Waals surface area (Å²) < 4.78 is 7.13. The molecule has 0 saturated heterocycles. The summed E-state index contributed by atoms with van der Waals surface area (Å²) >= 11 is 0. The van der Waals surface area contributed by atoms with Gasteiger partial charge in [-0.15, -0.1) is 6.58 Å². The van der Waals surface area contributed by atoms with Gasteiger partial charge < -0.3 is 4.43 Å². The minimum absolute atomic E-state index is 0.231. The molecule has 0 N–H and O–H groups in total. The number of hydrogen-bond acceptors (Lipinski definition) is 1. The second kappa shape index (κ2) is 13.2. The molecule has 0 heterocycles. The molecule has 178 valence electrons. The van der Waals surface area contributed by atoms with E-state index in [1.165, 1.54) is 63.0 Å². The Morgan fingerprint density at radius 1 is 0.871 bits per heavy atom. The van der Waals surface area contributed by atoms with Gasteiger partial charge >= 0.3 is 0 Å². The van der Waals surface area contributed by atoms with Gasteiger partial charge in [-0.25, -0.2) is 0 Å². The predicted molar refractivity (Wildman–Crippen MR) is 147 cm³/mol. The van der Waals surface area contributed by atoms with Gasteiger partial charge in [-0.2, -0.15) is 0 Å². The Bertz CT molecular complexity index is 616. The van der Waals surface area contributed by atoms with Gasteiger partial charge in [0.15, 0.2) is 8.32 Å². The molecular weight excluding hydrogens is 408 g/mol. The van der Waals surface area contributed by atoms with Crippen LogP contribution in [0.2, 0.25) is 36.8 Å². The molecule has 0 aliphatic rings. The van der Waals surface area contributed by atoms with Crippen molar-refractivity contribution in [2.75, 3.05) is 0 Å². The molecule has 0 amide bonds. The molecule has 0 aliphatic heterocycles. The van der Waals surface area contributed by atoms with Crippen LogP contribution >= 0.6 is 0 Å². The first-order valence-corrected chi connectivity index (χ1v) is 18.8. The standard InChI is InChI=1S/C28H52OSi2/c1-10-12-13-14-15-16-17-21-24-26(29-31(8,9)28(3,4)5)27(11-2)30(6,7)25-22-19-18-20-23-25/h11,18-20,22-23,26-27H,2,10,12-17,21,24H2,1,3-9H3/t26-,27-/m0/s1. The summed E-state index contributed by atoms with van der Waals surface area (Å²) in [4.78, 5) is 0. The van der Waals surface area contributed by atoms with Crippen molar-refractivity contribution in [2.45, 2.75) is 128 Å². The molecule has 1 aromatic carbocycles. The summed E-state index contributed by atoms with van der Waals surface area (Å²) in [5.74, 6) is 0. The maximum atomic E-state index is 7.13. The second-order valence-electron chi connectivity index (χ2n) is 11.5. The molecule has 31 heavy (non-hydrogen) atoms. The van der Waals surface area contributed by atoms with Gasteiger partial charge in [0.25, 0.3) is 0 Å². The number of benzene rings is 1. The average Bonchev–Trinajstić information content (AvgIpc) is 2.69. The molecule has 0 aromatic heterocycles. The molecule has 0 bridgehead atoms. The fourth-order valence-corrected chi connectivity index (χ4v) is 9.02. The minimum atomic E-state index is -1.84. The number of rotatable bonds is 15. The van der Waals surface area contributed by atoms with Crippen molar-refractivity contribution in [2.24, 2.45) is 0 Å². The van der Waals surface area contributed by atoms with Gasteiger partial charge in [0.05, 0.1) is 8.07 Å². The van der Waals surface area contributed by atoms with Crippen molar-refractivity contribution in [3.8, 4) is 0 Å². The van der Waals surface area contributed by atoms with E-state index >= 15 is 0 Å². The fraction of sp³-hybridized carbons (Fsp3) is 0.714. The van der Waals surface area contributed by atoms with Crippen LogP contribution in [0.15, 0.2) is 43.0 Å². The molecule has 1 rings (SSSR count). The highest BCUT2D eigenvalue weighted by molar-refractivity contribution is 6.91. The van der Waals surface area contributed by atoms with Crippen LogP contribution in [0.4, 0.5) is 0 Å². The van der Waals surface area contributed by atoms with Crippen LogP contribution in [-0.2, 0) is 4.43 Å². The summed E-state index contributed by atoms with van der Waals surface area (Å²) in [6.07, 6.45) is 14.6. The lowest BCUT2D eigenvalue weighted by Gasteiger charge is -2.44. The zero-order chi connectivity index (χ0) is 23.5. The lowest BCUT2D eigenvalue weighted by atomic mass is 10.0. The Labute approximate surface area is 197 Å². The largest absolute Gasteiger partial charge is 0.414 e. The van der Waals surface area contributed by atoms with E-state index in [9.17, 15) is 0 Å². The van der Waals surface area contributed by atoms with Crippen LogP contribution in [0.3, 0.4) is 0 Å². The van der Waals surface area contributed by atoms with Crippen molar-refractivity contribution < 1.29 is 4.43 Å². The van der Waals surface area contributed by atoms with Crippen molar-refractivity contribution in [1.82, 2.24) is 0 Å². The summed E-state index contributed by atoms with van der Waals surface area (Å²) in [5.41, 5.74) is 0.438. The molecule has 1 nitrogen and oxygen atoms in total. The SMILES string of the molecule is C=C[C@@H]([C@H](CCCCCCCCCC)O[Si](C)(C)C(C)(C)C)[Si](C)(C)c1ccccc1. The average molecular weight is 461 g/mol. The summed E-state index contributed by atoms with van der Waals surface area (Å²) in [6.45, 7) is 23.5. The van der Waals surface area contributed by atoms with E-state index in [0.717, 1.165) is 0 Å². The van der Waals surface area contributed by atoms with E-state index in [0.29, 0.717) is 11.6 Å². The third-order valence-electron chi connectivity index (χ3n) is 7.60. The molecule has 0 fully saturated rings. The van der Waals surface area contributed by atoms with Crippen molar-refractivity contribution in [3.05, 3.63) is 43.0 Å². The quantitative estimate of drug-likeness (QED) is 0.144. The molecule has 0 saturated carbocycles. The van der Waals surface area contributed by atoms with E-state index in [1.807, 2.05) is 0 Å². The van der Waals surface area contributed by atoms with Gasteiger partial charge in [0.2, 0.25) is 0 Å². The van der Waals surface area contributed by atoms with Crippen molar-refractivity contribution in [1.29, 1.82) is 0 Å². The van der Waals surface area contributed by atoms with Crippen LogP contribution in [0.1, 0.15) is 85.5 Å². The fourth-order valence-electron chi connectivity index (χ4n) is 4.32. The van der Waals surface area contributed by atoms with Gasteiger partial charge in [0, 0.05) is 11.6 Å². The second-order valence-corrected chi connectivity index (χ2v) is 21.0. The van der Waals surface area contributed by atoms with Crippen LogP contribution in [0.5, 0.6) is 0 Å². The molecule has 0 radical (unpaired) electrons. The monoisotopic (exact) mass is 460 g/mol. The lowest BCUT2D eigenvalue weighted by Crippen LogP contribution is -2.53. The van der Waals surface area contributed by atoms with Crippen LogP contribution < -0.4 is 5.19 Å². The Morgan fingerprint density at radius 2 is 1.39 bits per heavy atom. The first-order valence-electron chi connectivity index (χ1n) is 12.8. The molecule has 2 atom stereocenters. The maximum absolute atomic E-state index is 7.13. The Morgan fingerprint density at radius 3 is 1.87 bits per heavy atom. The third-order valence-corrected chi connectivity index (χ3v) is 16.2. The highest BCUT2D eigenvalue weighted by Gasteiger charge is 2.44. The van der Waals surface area contributed by atoms with Crippen molar-refractivity contribution in [3.63, 3.8) is 0 Å². The zero-order valence-electron chi connectivity index (χ0n) is 22.1. The smallest absolute Gasteiger partial charge is 0.192 e. The summed E-state index contributed by atoms with van der Waals surface area (Å²) in [5, 5.41) is 1.74. The van der Waals surface area contributed by atoms with Gasteiger partial charge in [0.1, 0.15) is 0 Å². The van der Waals surface area contributed by atoms with Gasteiger partial charge in [-0.1, -0.05) is 134 Å². The molecule has 0 unspecified atom stereocenters. The Balaban J connectivity index is 2.91. The Hall–Kier alpha value is -0.646. The van der Waals surface area contributed by atoms with Crippen LogP contribution in [-0.4, -0.2) is 22.5 Å². The minimum Gasteiger partial charge on any atom is -0.414 e. The highest BCUT2D eigenvalue weighted by Crippen LogP contribution is 2.41. The number of unbranched alkanes of at least 4 members (excludes halogenated alkanes) is 7. The first kappa shape index (κ1) is 28.4. The predicted octanol–water partition coefficient (Wildman–Crippen LogP) is 9.08. The van der Waals surface area contributed by atoms with Gasteiger partial charge in [-0.05, 0) is 24.6 Å². The number of hydrogen-bond donors (Lipinski definition) is 0. The normalized spacial score (nSPS) is 15.0. The Kier molecular flexibility index (Phi) is 12.0. The van der Waals surface area contributed by atoms with E-state index in [-0.39, 0.29) is 5.04 Å². The third kappa shape index (κ3) is 9.02. The topological polar surface area (TPSA) is 9.23 Å². The summed E-state index contributed by atoms with van der Waals surface area (Å²) in [6, 6.07) is 11.1. The molecule has 3 heteroatoms. The zero-order valence-corrected chi connectivity index (χ0v) is 24.1. The highest BCUT2D eigenvalue weighted by atomic mass is 28.4. The first-order chi connectivity index (χ1) is 14.5. The summed E-state index contributed by atoms with van der Waals surface area (Å²) in [7, 11) is -3.58. The van der Waals surface area contributed by atoms with Crippen molar-refractivity contribution >= 4 is 21.6 Å². The lowest BCUT2D eigenvalue weighted by molar-refractivity contribution is 0.168. The molecule has 0 aliphatic carbocycles. The van der Waals surface area contributed by atoms with Crippen LogP contribution in [0, 0.1) is 0 Å². The maximum Gasteiger partial charge on any atom is 0.192 e. The van der Waals surface area contributed by atoms with Gasteiger partial charge in [-0.3, -0.25) is 0 Å². The van der Waals surface area contributed by atoms with E-state index in [2.05, 4.69) is 96.9 Å². The van der Waals surface area contributed by atoms with Crippen LogP contribution in [0.25, 0.3) is 0 Å². The van der Waals surface area contributed by atoms with E-state index in [1.54, 1.807) is 0 Å².